The van der Waals surface area contributed by atoms with Gasteiger partial charge < -0.3 is 9.47 Å². The van der Waals surface area contributed by atoms with Gasteiger partial charge in [0.15, 0.2) is 0 Å². The van der Waals surface area contributed by atoms with E-state index in [1.54, 1.807) is 6.92 Å². The highest BCUT2D eigenvalue weighted by atomic mass is 16.5. The van der Waals surface area contributed by atoms with Crippen molar-refractivity contribution in [2.24, 2.45) is 0 Å². The van der Waals surface area contributed by atoms with Crippen molar-refractivity contribution in [2.75, 3.05) is 6.61 Å². The van der Waals surface area contributed by atoms with Crippen LogP contribution in [0, 0.1) is 11.3 Å². The molecule has 0 unspecified atom stereocenters. The molecule has 0 bridgehead atoms. The van der Waals surface area contributed by atoms with Crippen molar-refractivity contribution >= 4 is 16.9 Å². The number of nitriles is 1. The zero-order valence-corrected chi connectivity index (χ0v) is 21.5. The van der Waals surface area contributed by atoms with Gasteiger partial charge in [-0.1, -0.05) is 30.3 Å². The van der Waals surface area contributed by atoms with E-state index in [0.717, 1.165) is 33.3 Å². The number of aromatic nitrogens is 2. The second kappa shape index (κ2) is 10.5. The van der Waals surface area contributed by atoms with Gasteiger partial charge in [0, 0.05) is 17.0 Å². The van der Waals surface area contributed by atoms with E-state index in [1.165, 1.54) is 18.4 Å². The maximum Gasteiger partial charge on any atom is 0.310 e. The smallest absolute Gasteiger partial charge is 0.310 e. The van der Waals surface area contributed by atoms with E-state index in [4.69, 9.17) is 14.6 Å². The molecule has 0 saturated heterocycles. The van der Waals surface area contributed by atoms with E-state index in [0.29, 0.717) is 23.8 Å². The largest absolute Gasteiger partial charge is 0.487 e. The Bertz CT molecular complexity index is 1490. The third-order valence-electron chi connectivity index (χ3n) is 6.72. The third kappa shape index (κ3) is 5.36. The first-order chi connectivity index (χ1) is 18.0. The lowest BCUT2D eigenvalue weighted by Gasteiger charge is -2.11. The summed E-state index contributed by atoms with van der Waals surface area (Å²) in [6, 6.07) is 22.6. The number of para-hydroxylation sites is 1. The van der Waals surface area contributed by atoms with Crippen molar-refractivity contribution in [3.63, 3.8) is 0 Å². The first-order valence-electron chi connectivity index (χ1n) is 12.9. The summed E-state index contributed by atoms with van der Waals surface area (Å²) >= 11 is 0. The Morgan fingerprint density at radius 3 is 2.65 bits per heavy atom. The molecule has 6 heteroatoms. The summed E-state index contributed by atoms with van der Waals surface area (Å²) in [5.74, 6) is 0.941. The van der Waals surface area contributed by atoms with Crippen molar-refractivity contribution in [2.45, 2.75) is 58.6 Å². The van der Waals surface area contributed by atoms with Gasteiger partial charge in [-0.3, -0.25) is 9.48 Å². The molecule has 1 aliphatic rings. The van der Waals surface area contributed by atoms with Crippen molar-refractivity contribution < 1.29 is 14.3 Å². The monoisotopic (exact) mass is 493 g/mol. The molecule has 6 nitrogen and oxygen atoms in total. The molecule has 1 aromatic heterocycles. The number of fused-ring (bicyclic) bond motifs is 1. The Balaban J connectivity index is 1.49. The lowest BCUT2D eigenvalue weighted by molar-refractivity contribution is -0.142. The van der Waals surface area contributed by atoms with Gasteiger partial charge >= 0.3 is 5.97 Å². The van der Waals surface area contributed by atoms with Crippen LogP contribution in [-0.2, 0) is 22.6 Å². The Hall–Kier alpha value is -4.11. The SMILES string of the molecule is CCOC(=O)Cc1ccccc1OCc1nn(C(C)C)c2ccc(-c3cc(C#N)cc(C4CC4)c3)cc12. The van der Waals surface area contributed by atoms with Crippen molar-refractivity contribution in [3.05, 3.63) is 83.0 Å². The molecule has 1 fully saturated rings. The number of carbonyl (C=O) groups excluding carboxylic acids is 1. The summed E-state index contributed by atoms with van der Waals surface area (Å²) < 4.78 is 13.4. The summed E-state index contributed by atoms with van der Waals surface area (Å²) in [7, 11) is 0. The fourth-order valence-corrected chi connectivity index (χ4v) is 4.72. The van der Waals surface area contributed by atoms with Gasteiger partial charge in [0.1, 0.15) is 18.1 Å². The van der Waals surface area contributed by atoms with Crippen LogP contribution in [0.4, 0.5) is 0 Å². The van der Waals surface area contributed by atoms with E-state index in [-0.39, 0.29) is 25.0 Å². The van der Waals surface area contributed by atoms with E-state index < -0.39 is 0 Å². The Kier molecular flexibility index (Phi) is 6.96. The molecule has 188 valence electrons. The molecule has 0 N–H and O–H groups in total. The second-order valence-electron chi connectivity index (χ2n) is 9.82. The molecule has 1 saturated carbocycles. The third-order valence-corrected chi connectivity index (χ3v) is 6.72. The normalized spacial score (nSPS) is 13.1. The molecule has 3 aromatic carbocycles. The minimum Gasteiger partial charge on any atom is -0.487 e. The van der Waals surface area contributed by atoms with Gasteiger partial charge in [0.05, 0.1) is 30.2 Å². The molecule has 37 heavy (non-hydrogen) atoms. The second-order valence-corrected chi connectivity index (χ2v) is 9.82. The fourth-order valence-electron chi connectivity index (χ4n) is 4.72. The molecule has 0 spiro atoms. The van der Waals surface area contributed by atoms with Crippen LogP contribution in [0.15, 0.2) is 60.7 Å². The number of hydrogen-bond acceptors (Lipinski definition) is 5. The van der Waals surface area contributed by atoms with Gasteiger partial charge in [0.2, 0.25) is 0 Å². The average Bonchev–Trinajstić information content (AvgIpc) is 3.69. The summed E-state index contributed by atoms with van der Waals surface area (Å²) in [4.78, 5) is 12.1. The number of nitrogens with zero attached hydrogens (tertiary/aromatic N) is 3. The first-order valence-corrected chi connectivity index (χ1v) is 12.9. The van der Waals surface area contributed by atoms with E-state index >= 15 is 0 Å². The molecule has 0 atom stereocenters. The van der Waals surface area contributed by atoms with Crippen molar-refractivity contribution in [1.82, 2.24) is 9.78 Å². The number of ether oxygens (including phenoxy) is 2. The van der Waals surface area contributed by atoms with Crippen molar-refractivity contribution in [3.8, 4) is 22.9 Å². The van der Waals surface area contributed by atoms with Gasteiger partial charge in [-0.2, -0.15) is 10.4 Å². The topological polar surface area (TPSA) is 77.1 Å². The van der Waals surface area contributed by atoms with Gasteiger partial charge in [-0.15, -0.1) is 0 Å². The number of benzene rings is 3. The molecular weight excluding hydrogens is 462 g/mol. The molecule has 5 rings (SSSR count). The standard InChI is InChI=1S/C31H31N3O3/c1-4-36-31(35)17-24-7-5-6-8-30(24)37-19-28-27-16-23(11-12-29(27)34(33-28)20(2)3)26-14-21(18-32)13-25(15-26)22-9-10-22/h5-8,11-16,20,22H,4,9-10,17,19H2,1-3H3. The number of rotatable bonds is 9. The van der Waals surface area contributed by atoms with Crippen LogP contribution in [0.2, 0.25) is 0 Å². The lowest BCUT2D eigenvalue weighted by Crippen LogP contribution is -2.09. The van der Waals surface area contributed by atoms with Crippen LogP contribution in [0.5, 0.6) is 5.75 Å². The molecule has 0 aliphatic heterocycles. The van der Waals surface area contributed by atoms with Crippen LogP contribution < -0.4 is 4.74 Å². The Labute approximate surface area is 217 Å². The zero-order chi connectivity index (χ0) is 25.9. The quantitative estimate of drug-likeness (QED) is 0.242. The summed E-state index contributed by atoms with van der Waals surface area (Å²) in [5.41, 5.74) is 6.69. The van der Waals surface area contributed by atoms with Crippen molar-refractivity contribution in [1.29, 1.82) is 5.26 Å². The number of hydrogen-bond donors (Lipinski definition) is 0. The van der Waals surface area contributed by atoms with Gasteiger partial charge in [-0.05, 0) is 86.6 Å². The summed E-state index contributed by atoms with van der Waals surface area (Å²) in [5, 5.41) is 15.5. The van der Waals surface area contributed by atoms with E-state index in [9.17, 15) is 10.1 Å². The van der Waals surface area contributed by atoms with E-state index in [1.807, 2.05) is 41.1 Å². The zero-order valence-electron chi connectivity index (χ0n) is 21.5. The highest BCUT2D eigenvalue weighted by Gasteiger charge is 2.24. The van der Waals surface area contributed by atoms with Crippen LogP contribution in [0.25, 0.3) is 22.0 Å². The number of carbonyl (C=O) groups is 1. The van der Waals surface area contributed by atoms with E-state index in [2.05, 4.69) is 44.2 Å². The minimum absolute atomic E-state index is 0.161. The van der Waals surface area contributed by atoms with Crippen LogP contribution in [0.1, 0.15) is 68.0 Å². The van der Waals surface area contributed by atoms with Gasteiger partial charge in [-0.25, -0.2) is 0 Å². The lowest BCUT2D eigenvalue weighted by atomic mass is 9.97. The summed E-state index contributed by atoms with van der Waals surface area (Å²) in [6.07, 6.45) is 2.54. The molecule has 0 radical (unpaired) electrons. The highest BCUT2D eigenvalue weighted by Crippen LogP contribution is 2.42. The summed E-state index contributed by atoms with van der Waals surface area (Å²) in [6.45, 7) is 6.64. The maximum absolute atomic E-state index is 12.1. The molecule has 1 heterocycles. The van der Waals surface area contributed by atoms with Crippen LogP contribution in [-0.4, -0.2) is 22.4 Å². The average molecular weight is 494 g/mol. The molecule has 1 aliphatic carbocycles. The van der Waals surface area contributed by atoms with Gasteiger partial charge in [0.25, 0.3) is 0 Å². The first kappa shape index (κ1) is 24.6. The molecule has 4 aromatic rings. The van der Waals surface area contributed by atoms with Crippen LogP contribution >= 0.6 is 0 Å². The predicted molar refractivity (Wildman–Crippen MR) is 143 cm³/mol. The number of esters is 1. The van der Waals surface area contributed by atoms with Crippen LogP contribution in [0.3, 0.4) is 0 Å². The Morgan fingerprint density at radius 2 is 1.92 bits per heavy atom. The molecular formula is C31H31N3O3. The maximum atomic E-state index is 12.1. The predicted octanol–water partition coefficient (Wildman–Crippen LogP) is 6.72. The Morgan fingerprint density at radius 1 is 1.11 bits per heavy atom. The minimum atomic E-state index is -0.275. The fraction of sp³-hybridized carbons (Fsp3) is 0.323. The molecule has 0 amide bonds. The highest BCUT2D eigenvalue weighted by molar-refractivity contribution is 5.87.